The maximum Gasteiger partial charge on any atom is 0.337 e. The highest BCUT2D eigenvalue weighted by atomic mass is 19.1. The van der Waals surface area contributed by atoms with Crippen molar-refractivity contribution in [3.05, 3.63) is 73.3 Å². The summed E-state index contributed by atoms with van der Waals surface area (Å²) in [4.78, 5) is 39.5. The lowest BCUT2D eigenvalue weighted by Crippen LogP contribution is -2.38. The van der Waals surface area contributed by atoms with Crippen LogP contribution in [0.5, 0.6) is 0 Å². The normalized spacial score (nSPS) is 18.2. The van der Waals surface area contributed by atoms with Gasteiger partial charge in [0, 0.05) is 6.54 Å². The Hall–Kier alpha value is -3.16. The molecule has 1 aromatic heterocycles. The van der Waals surface area contributed by atoms with Crippen molar-refractivity contribution in [1.29, 1.82) is 0 Å². The lowest BCUT2D eigenvalue weighted by atomic mass is 9.83. The molecule has 1 atom stereocenters. The number of nitrogens with zero attached hydrogens (tertiary/aromatic N) is 1. The van der Waals surface area contributed by atoms with E-state index in [0.29, 0.717) is 35.6 Å². The number of cyclic esters (lactones) is 1. The minimum Gasteiger partial charge on any atom is -0.456 e. The number of anilines is 1. The molecule has 8 heteroatoms. The number of carbonyl (C=O) groups excluding carboxylic acids is 1. The predicted octanol–water partition coefficient (Wildman–Crippen LogP) is 1.45. The molecule has 0 saturated carbocycles. The zero-order valence-electron chi connectivity index (χ0n) is 14.0. The summed E-state index contributed by atoms with van der Waals surface area (Å²) in [5.41, 5.74) is 0.568. The van der Waals surface area contributed by atoms with Crippen LogP contribution in [-0.2, 0) is 16.1 Å². The Balaban J connectivity index is 2.02. The zero-order chi connectivity index (χ0) is 18.4. The lowest BCUT2D eigenvalue weighted by Gasteiger charge is -2.28. The Morgan fingerprint density at radius 1 is 1.23 bits per heavy atom. The Kier molecular flexibility index (Phi) is 3.75. The third kappa shape index (κ3) is 2.37. The number of hydrogen-bond acceptors (Lipinski definition) is 5. The first-order valence-corrected chi connectivity index (χ1v) is 8.31. The van der Waals surface area contributed by atoms with E-state index in [-0.39, 0.29) is 12.2 Å². The van der Waals surface area contributed by atoms with E-state index in [1.54, 1.807) is 0 Å². The highest BCUT2D eigenvalue weighted by Gasteiger charge is 2.41. The standard InChI is InChI=1S/C18H16FN3O4/c1-2-7-22-15-14(16(23)21-18(22)25)12(9-3-5-10(19)6-4-9)13-11(20-15)8-26-17(13)24/h3-6,12,20H,2,7-8H2,1H3,(H,21,23,25)/t12-/m0/s1. The Morgan fingerprint density at radius 2 is 1.96 bits per heavy atom. The zero-order valence-corrected chi connectivity index (χ0v) is 14.0. The van der Waals surface area contributed by atoms with Crippen molar-refractivity contribution in [1.82, 2.24) is 9.55 Å². The lowest BCUT2D eigenvalue weighted by molar-refractivity contribution is -0.136. The molecule has 0 unspecified atom stereocenters. The molecule has 7 nitrogen and oxygen atoms in total. The molecule has 0 fully saturated rings. The van der Waals surface area contributed by atoms with Gasteiger partial charge in [-0.2, -0.15) is 0 Å². The summed E-state index contributed by atoms with van der Waals surface area (Å²) in [6, 6.07) is 5.60. The summed E-state index contributed by atoms with van der Waals surface area (Å²) < 4.78 is 19.9. The maximum atomic E-state index is 13.4. The minimum atomic E-state index is -0.732. The van der Waals surface area contributed by atoms with E-state index in [0.717, 1.165) is 0 Å². The molecule has 0 saturated heterocycles. The number of nitrogens with one attached hydrogen (secondary N) is 2. The number of fused-ring (bicyclic) bond motifs is 1. The van der Waals surface area contributed by atoms with E-state index in [2.05, 4.69) is 10.3 Å². The molecule has 0 radical (unpaired) electrons. The molecule has 2 aliphatic rings. The van der Waals surface area contributed by atoms with E-state index in [4.69, 9.17) is 4.74 Å². The largest absolute Gasteiger partial charge is 0.456 e. The molecule has 26 heavy (non-hydrogen) atoms. The molecule has 4 rings (SSSR count). The summed E-state index contributed by atoms with van der Waals surface area (Å²) in [6.45, 7) is 2.36. The molecule has 134 valence electrons. The first-order chi connectivity index (χ1) is 12.5. The molecular formula is C18H16FN3O4. The molecule has 0 aliphatic carbocycles. The van der Waals surface area contributed by atoms with Gasteiger partial charge in [-0.25, -0.2) is 14.0 Å². The quantitative estimate of drug-likeness (QED) is 0.811. The first-order valence-electron chi connectivity index (χ1n) is 8.31. The van der Waals surface area contributed by atoms with Gasteiger partial charge in [-0.05, 0) is 24.1 Å². The van der Waals surface area contributed by atoms with Crippen molar-refractivity contribution in [3.8, 4) is 0 Å². The monoisotopic (exact) mass is 357 g/mol. The fourth-order valence-corrected chi connectivity index (χ4v) is 3.51. The van der Waals surface area contributed by atoms with E-state index >= 15 is 0 Å². The molecule has 0 bridgehead atoms. The Labute approximate surface area is 147 Å². The molecule has 3 heterocycles. The van der Waals surface area contributed by atoms with Crippen molar-refractivity contribution in [2.75, 3.05) is 11.9 Å². The van der Waals surface area contributed by atoms with Crippen molar-refractivity contribution < 1.29 is 13.9 Å². The highest BCUT2D eigenvalue weighted by Crippen LogP contribution is 2.42. The van der Waals surface area contributed by atoms with Gasteiger partial charge < -0.3 is 10.1 Å². The Morgan fingerprint density at radius 3 is 2.65 bits per heavy atom. The third-order valence-electron chi connectivity index (χ3n) is 4.63. The molecule has 0 amide bonds. The van der Waals surface area contributed by atoms with Gasteiger partial charge in [0.1, 0.15) is 18.2 Å². The van der Waals surface area contributed by atoms with Crippen molar-refractivity contribution >= 4 is 11.8 Å². The Bertz CT molecular complexity index is 1050. The van der Waals surface area contributed by atoms with Crippen molar-refractivity contribution in [2.24, 2.45) is 0 Å². The predicted molar refractivity (Wildman–Crippen MR) is 91.5 cm³/mol. The minimum absolute atomic E-state index is 0.0401. The summed E-state index contributed by atoms with van der Waals surface area (Å²) in [7, 11) is 0. The van der Waals surface area contributed by atoms with Crippen LogP contribution in [-0.4, -0.2) is 22.1 Å². The van der Waals surface area contributed by atoms with Gasteiger partial charge in [0.25, 0.3) is 5.56 Å². The molecule has 2 aliphatic heterocycles. The number of benzene rings is 1. The van der Waals surface area contributed by atoms with Crippen LogP contribution in [0.15, 0.2) is 45.1 Å². The fourth-order valence-electron chi connectivity index (χ4n) is 3.51. The number of aromatic amines is 1. The number of hydrogen-bond donors (Lipinski definition) is 2. The van der Waals surface area contributed by atoms with Gasteiger partial charge in [0.2, 0.25) is 0 Å². The second-order valence-electron chi connectivity index (χ2n) is 6.25. The van der Waals surface area contributed by atoms with Gasteiger partial charge in [-0.3, -0.25) is 14.3 Å². The smallest absolute Gasteiger partial charge is 0.337 e. The third-order valence-corrected chi connectivity index (χ3v) is 4.63. The number of rotatable bonds is 3. The molecule has 0 spiro atoms. The van der Waals surface area contributed by atoms with Crippen LogP contribution in [0.4, 0.5) is 10.2 Å². The van der Waals surface area contributed by atoms with Crippen LogP contribution >= 0.6 is 0 Å². The van der Waals surface area contributed by atoms with E-state index in [9.17, 15) is 18.8 Å². The second kappa shape index (κ2) is 5.98. The topological polar surface area (TPSA) is 93.2 Å². The summed E-state index contributed by atoms with van der Waals surface area (Å²) in [5, 5.41) is 3.04. The van der Waals surface area contributed by atoms with Crippen LogP contribution in [0.25, 0.3) is 0 Å². The number of esters is 1. The summed E-state index contributed by atoms with van der Waals surface area (Å²) >= 11 is 0. The summed E-state index contributed by atoms with van der Waals surface area (Å²) in [5.74, 6) is -1.33. The second-order valence-corrected chi connectivity index (χ2v) is 6.25. The van der Waals surface area contributed by atoms with Crippen molar-refractivity contribution in [3.63, 3.8) is 0 Å². The summed E-state index contributed by atoms with van der Waals surface area (Å²) in [6.07, 6.45) is 0.683. The fraction of sp³-hybridized carbons (Fsp3) is 0.278. The number of H-pyrrole nitrogens is 1. The molecule has 2 aromatic rings. The number of carbonyl (C=O) groups is 1. The highest BCUT2D eigenvalue weighted by molar-refractivity contribution is 5.96. The van der Waals surface area contributed by atoms with Crippen LogP contribution in [0.2, 0.25) is 0 Å². The van der Waals surface area contributed by atoms with E-state index < -0.39 is 29.0 Å². The van der Waals surface area contributed by atoms with Gasteiger partial charge in [0.15, 0.2) is 0 Å². The molecule has 2 N–H and O–H groups in total. The maximum absolute atomic E-state index is 13.4. The van der Waals surface area contributed by atoms with Gasteiger partial charge >= 0.3 is 11.7 Å². The first kappa shape index (κ1) is 16.3. The van der Waals surface area contributed by atoms with Gasteiger partial charge in [-0.1, -0.05) is 19.1 Å². The van der Waals surface area contributed by atoms with Gasteiger partial charge in [0.05, 0.1) is 22.8 Å². The van der Waals surface area contributed by atoms with Crippen LogP contribution in [0.1, 0.15) is 30.4 Å². The number of ether oxygens (including phenoxy) is 1. The average molecular weight is 357 g/mol. The van der Waals surface area contributed by atoms with E-state index in [1.165, 1.54) is 28.8 Å². The SMILES string of the molecule is CCCn1c2c(c(=O)[nH]c1=O)[C@@H](c1ccc(F)cc1)C1=C(COC1=O)N2. The van der Waals surface area contributed by atoms with Crippen LogP contribution in [0.3, 0.4) is 0 Å². The number of halogens is 1. The van der Waals surface area contributed by atoms with E-state index in [1.807, 2.05) is 6.92 Å². The van der Waals surface area contributed by atoms with Gasteiger partial charge in [-0.15, -0.1) is 0 Å². The van der Waals surface area contributed by atoms with Crippen molar-refractivity contribution in [2.45, 2.75) is 25.8 Å². The average Bonchev–Trinajstić information content (AvgIpc) is 2.98. The molecule has 1 aromatic carbocycles. The number of aromatic nitrogens is 2. The van der Waals surface area contributed by atoms with Crippen LogP contribution in [0, 0.1) is 5.82 Å². The van der Waals surface area contributed by atoms with Crippen LogP contribution < -0.4 is 16.6 Å². The molecular weight excluding hydrogens is 341 g/mol.